The van der Waals surface area contributed by atoms with Crippen LogP contribution >= 0.6 is 0 Å². The normalized spacial score (nSPS) is 21.8. The Morgan fingerprint density at radius 1 is 1.22 bits per heavy atom. The zero-order valence-electron chi connectivity index (χ0n) is 18.0. The van der Waals surface area contributed by atoms with Crippen molar-refractivity contribution in [3.8, 4) is 0 Å². The maximum atomic E-state index is 12.4. The minimum absolute atomic E-state index is 0.00732. The highest BCUT2D eigenvalue weighted by atomic mass is 16.6. The van der Waals surface area contributed by atoms with Crippen LogP contribution in [-0.2, 0) is 30.5 Å². The third kappa shape index (κ3) is 5.40. The van der Waals surface area contributed by atoms with Crippen LogP contribution in [0.15, 0.2) is 24.3 Å². The highest BCUT2D eigenvalue weighted by Gasteiger charge is 2.56. The molecule has 11 nitrogen and oxygen atoms in total. The zero-order chi connectivity index (χ0) is 23.6. The van der Waals surface area contributed by atoms with E-state index in [1.165, 1.54) is 29.2 Å². The van der Waals surface area contributed by atoms with E-state index in [4.69, 9.17) is 9.47 Å². The zero-order valence-corrected chi connectivity index (χ0v) is 18.0. The molecule has 0 aliphatic carbocycles. The number of amides is 2. The molecule has 1 N–H and O–H groups in total. The maximum Gasteiger partial charge on any atom is 0.411 e. The van der Waals surface area contributed by atoms with Gasteiger partial charge in [-0.1, -0.05) is 0 Å². The Morgan fingerprint density at radius 2 is 1.88 bits per heavy atom. The van der Waals surface area contributed by atoms with E-state index in [2.05, 4.69) is 5.32 Å². The van der Waals surface area contributed by atoms with Gasteiger partial charge in [0.2, 0.25) is 5.91 Å². The van der Waals surface area contributed by atoms with Crippen molar-refractivity contribution >= 4 is 29.4 Å². The van der Waals surface area contributed by atoms with Gasteiger partial charge < -0.3 is 14.8 Å². The molecule has 0 bridgehead atoms. The number of benzene rings is 1. The average molecular weight is 447 g/mol. The second-order valence-corrected chi connectivity index (χ2v) is 8.88. The number of Topliss-reactive ketones (excluding diaryl/α,β-unsaturated/α-hetero) is 1. The monoisotopic (exact) mass is 447 g/mol. The molecular formula is C21H25N3O8. The van der Waals surface area contributed by atoms with Crippen molar-refractivity contribution < 1.29 is 33.6 Å². The lowest BCUT2D eigenvalue weighted by atomic mass is 9.88. The van der Waals surface area contributed by atoms with Gasteiger partial charge in [-0.25, -0.2) is 4.79 Å². The number of β-lactam (4-membered cyclic amide) rings is 1. The summed E-state index contributed by atoms with van der Waals surface area (Å²) in [6.07, 6.45) is -1.05. The predicted molar refractivity (Wildman–Crippen MR) is 109 cm³/mol. The Balaban J connectivity index is 1.49. The second-order valence-electron chi connectivity index (χ2n) is 8.88. The number of likely N-dealkylation sites (tertiary alicyclic amines) is 1. The summed E-state index contributed by atoms with van der Waals surface area (Å²) in [4.78, 5) is 60.2. The molecule has 0 saturated carbocycles. The number of ether oxygens (including phenoxy) is 2. The largest absolute Gasteiger partial charge is 0.460 e. The number of nitro benzene ring substituents is 1. The molecule has 3 atom stereocenters. The Bertz CT molecular complexity index is 937. The van der Waals surface area contributed by atoms with Crippen LogP contribution in [0.5, 0.6) is 0 Å². The highest BCUT2D eigenvalue weighted by molar-refractivity contribution is 5.97. The molecule has 2 heterocycles. The first-order valence-electron chi connectivity index (χ1n) is 10.2. The van der Waals surface area contributed by atoms with Crippen LogP contribution in [0.4, 0.5) is 10.5 Å². The van der Waals surface area contributed by atoms with Crippen molar-refractivity contribution in [1.82, 2.24) is 10.2 Å². The number of nitrogens with zero attached hydrogens (tertiary/aromatic N) is 2. The summed E-state index contributed by atoms with van der Waals surface area (Å²) in [7, 11) is 0. The molecule has 1 aromatic rings. The van der Waals surface area contributed by atoms with Gasteiger partial charge in [0.1, 0.15) is 30.5 Å². The number of ketones is 1. The summed E-state index contributed by atoms with van der Waals surface area (Å²) >= 11 is 0. The standard InChI is InChI=1S/C21H25N3O8/c1-21(2,3)32-20(28)23-10-13(17-18(23)19(27)22-17)8-15(25)9-16(26)31-11-12-4-6-14(7-5-12)24(29)30/h4-7,13,17-18H,8-11H2,1-3H3,(H,22,27)/t13-,17-,18+/m1/s1. The number of carbonyl (C=O) groups is 4. The molecule has 172 valence electrons. The molecule has 0 radical (unpaired) electrons. The third-order valence-electron chi connectivity index (χ3n) is 5.20. The highest BCUT2D eigenvalue weighted by Crippen LogP contribution is 2.33. The van der Waals surface area contributed by atoms with E-state index in [0.717, 1.165) is 0 Å². The van der Waals surface area contributed by atoms with Crippen LogP contribution in [-0.4, -0.2) is 57.8 Å². The van der Waals surface area contributed by atoms with Gasteiger partial charge in [0, 0.05) is 31.0 Å². The van der Waals surface area contributed by atoms with E-state index in [1.807, 2.05) is 0 Å². The van der Waals surface area contributed by atoms with Crippen LogP contribution in [0, 0.1) is 16.0 Å². The molecule has 2 saturated heterocycles. The third-order valence-corrected chi connectivity index (χ3v) is 5.20. The van der Waals surface area contributed by atoms with Crippen molar-refractivity contribution in [2.45, 2.75) is 57.9 Å². The number of nitrogens with one attached hydrogen (secondary N) is 1. The molecule has 2 fully saturated rings. The quantitative estimate of drug-likeness (QED) is 0.219. The first-order valence-corrected chi connectivity index (χ1v) is 10.2. The van der Waals surface area contributed by atoms with Gasteiger partial charge in [-0.3, -0.25) is 29.4 Å². The number of hydrogen-bond acceptors (Lipinski definition) is 8. The lowest BCUT2D eigenvalue weighted by Crippen LogP contribution is -2.66. The predicted octanol–water partition coefficient (Wildman–Crippen LogP) is 1.72. The second kappa shape index (κ2) is 8.93. The summed E-state index contributed by atoms with van der Waals surface area (Å²) in [5.41, 5.74) is -0.234. The number of fused-ring (bicyclic) bond motifs is 1. The fourth-order valence-electron chi connectivity index (χ4n) is 3.74. The molecular weight excluding hydrogens is 422 g/mol. The number of carbonyl (C=O) groups excluding carboxylic acids is 4. The topological polar surface area (TPSA) is 145 Å². The number of non-ortho nitro benzene ring substituents is 1. The molecule has 0 aromatic heterocycles. The lowest BCUT2D eigenvalue weighted by molar-refractivity contribution is -0.384. The van der Waals surface area contributed by atoms with Gasteiger partial charge in [0.25, 0.3) is 5.69 Å². The van der Waals surface area contributed by atoms with Crippen molar-refractivity contribution in [2.75, 3.05) is 6.54 Å². The van der Waals surface area contributed by atoms with Crippen molar-refractivity contribution in [3.05, 3.63) is 39.9 Å². The van der Waals surface area contributed by atoms with Crippen molar-refractivity contribution in [3.63, 3.8) is 0 Å². The summed E-state index contributed by atoms with van der Waals surface area (Å²) in [5.74, 6) is -1.70. The summed E-state index contributed by atoms with van der Waals surface area (Å²) in [5, 5.41) is 13.4. The average Bonchev–Trinajstić information content (AvgIpc) is 2.97. The van der Waals surface area contributed by atoms with Crippen LogP contribution in [0.2, 0.25) is 0 Å². The van der Waals surface area contributed by atoms with Gasteiger partial charge >= 0.3 is 12.1 Å². The van der Waals surface area contributed by atoms with Crippen LogP contribution < -0.4 is 5.32 Å². The smallest absolute Gasteiger partial charge is 0.411 e. The molecule has 3 rings (SSSR count). The molecule has 32 heavy (non-hydrogen) atoms. The first kappa shape index (κ1) is 23.2. The van der Waals surface area contributed by atoms with Gasteiger partial charge in [0.05, 0.1) is 11.0 Å². The minimum atomic E-state index is -0.718. The molecule has 0 unspecified atom stereocenters. The minimum Gasteiger partial charge on any atom is -0.460 e. The SMILES string of the molecule is CC(C)(C)OC(=O)N1C[C@@H](CC(=O)CC(=O)OCc2ccc([N+](=O)[O-])cc2)[C@H]2NC(=O)[C@H]21. The molecule has 0 spiro atoms. The summed E-state index contributed by atoms with van der Waals surface area (Å²) in [6, 6.07) is 4.52. The number of esters is 1. The fourth-order valence-corrected chi connectivity index (χ4v) is 3.74. The fraction of sp³-hybridized carbons (Fsp3) is 0.524. The van der Waals surface area contributed by atoms with Crippen LogP contribution in [0.3, 0.4) is 0 Å². The van der Waals surface area contributed by atoms with Gasteiger partial charge in [-0.15, -0.1) is 0 Å². The van der Waals surface area contributed by atoms with Crippen LogP contribution in [0.1, 0.15) is 39.2 Å². The number of nitro groups is 1. The number of hydrogen-bond donors (Lipinski definition) is 1. The molecule has 2 amide bonds. The van der Waals surface area contributed by atoms with Gasteiger partial charge in [-0.05, 0) is 38.5 Å². The lowest BCUT2D eigenvalue weighted by Gasteiger charge is -2.37. The Hall–Kier alpha value is -3.50. The maximum absolute atomic E-state index is 12.4. The van der Waals surface area contributed by atoms with Gasteiger partial charge in [-0.2, -0.15) is 0 Å². The van der Waals surface area contributed by atoms with Gasteiger partial charge in [0.15, 0.2) is 0 Å². The Kier molecular flexibility index (Phi) is 6.47. The van der Waals surface area contributed by atoms with E-state index >= 15 is 0 Å². The molecule has 2 aliphatic rings. The van der Waals surface area contributed by atoms with Crippen molar-refractivity contribution in [1.29, 1.82) is 0 Å². The van der Waals surface area contributed by atoms with E-state index < -0.39 is 35.0 Å². The van der Waals surface area contributed by atoms with E-state index in [9.17, 15) is 29.3 Å². The molecule has 1 aromatic carbocycles. The van der Waals surface area contributed by atoms with E-state index in [1.54, 1.807) is 20.8 Å². The summed E-state index contributed by atoms with van der Waals surface area (Å²) < 4.78 is 10.4. The summed E-state index contributed by atoms with van der Waals surface area (Å²) in [6.45, 7) is 5.24. The van der Waals surface area contributed by atoms with E-state index in [-0.39, 0.29) is 48.9 Å². The molecule has 2 aliphatic heterocycles. The van der Waals surface area contributed by atoms with Crippen LogP contribution in [0.25, 0.3) is 0 Å². The number of rotatable bonds is 7. The Morgan fingerprint density at radius 3 is 2.44 bits per heavy atom. The Labute approximate surface area is 184 Å². The molecule has 11 heteroatoms. The van der Waals surface area contributed by atoms with E-state index in [0.29, 0.717) is 5.56 Å². The van der Waals surface area contributed by atoms with Crippen molar-refractivity contribution in [2.24, 2.45) is 5.92 Å². The first-order chi connectivity index (χ1) is 14.9.